The van der Waals surface area contributed by atoms with Crippen LogP contribution < -0.4 is 25.6 Å². The first-order valence-electron chi connectivity index (χ1n) is 11.3. The van der Waals surface area contributed by atoms with Crippen LogP contribution in [0.4, 0.5) is 27.7 Å². The number of urea groups is 1. The number of aromatic amines is 1. The number of benzene rings is 2. The molecule has 0 saturated heterocycles. The van der Waals surface area contributed by atoms with E-state index in [1.54, 1.807) is 24.4 Å². The van der Waals surface area contributed by atoms with Gasteiger partial charge in [-0.1, -0.05) is 18.2 Å². The highest BCUT2D eigenvalue weighted by Gasteiger charge is 2.31. The molecule has 35 heavy (non-hydrogen) atoms. The molecule has 0 fully saturated rings. The molecule has 1 atom stereocenters. The molecular formula is C24H22N8O3. The number of carbonyl (C=O) groups is 2. The van der Waals surface area contributed by atoms with Gasteiger partial charge in [0.25, 0.3) is 5.91 Å². The Morgan fingerprint density at radius 3 is 3.06 bits per heavy atom. The minimum atomic E-state index is -0.302. The van der Waals surface area contributed by atoms with Gasteiger partial charge in [-0.05, 0) is 30.2 Å². The number of aromatic nitrogens is 4. The lowest BCUT2D eigenvalue weighted by molar-refractivity contribution is -0.118. The fourth-order valence-electron chi connectivity index (χ4n) is 4.60. The maximum atomic E-state index is 12.5. The Bertz CT molecular complexity index is 1440. The van der Waals surface area contributed by atoms with E-state index in [4.69, 9.17) is 4.74 Å². The van der Waals surface area contributed by atoms with Crippen molar-refractivity contribution >= 4 is 45.9 Å². The lowest BCUT2D eigenvalue weighted by Crippen LogP contribution is -2.31. The summed E-state index contributed by atoms with van der Waals surface area (Å²) >= 11 is 0. The summed E-state index contributed by atoms with van der Waals surface area (Å²) in [6, 6.07) is 13.1. The van der Waals surface area contributed by atoms with Crippen LogP contribution in [0.15, 0.2) is 55.0 Å². The van der Waals surface area contributed by atoms with E-state index in [9.17, 15) is 9.59 Å². The Morgan fingerprint density at radius 1 is 1.20 bits per heavy atom. The third kappa shape index (κ3) is 3.97. The number of amides is 3. The van der Waals surface area contributed by atoms with Crippen LogP contribution in [-0.2, 0) is 4.79 Å². The van der Waals surface area contributed by atoms with Gasteiger partial charge in [0, 0.05) is 36.4 Å². The molecule has 0 saturated carbocycles. The summed E-state index contributed by atoms with van der Waals surface area (Å²) in [5.74, 6) is 1.37. The van der Waals surface area contributed by atoms with Crippen LogP contribution in [0.2, 0.25) is 0 Å². The zero-order chi connectivity index (χ0) is 23.8. The van der Waals surface area contributed by atoms with E-state index in [1.807, 2.05) is 12.1 Å². The lowest BCUT2D eigenvalue weighted by Gasteiger charge is -2.19. The van der Waals surface area contributed by atoms with Crippen molar-refractivity contribution in [3.8, 4) is 5.75 Å². The standard InChI is InChI=1S/C24H22N8O3/c33-21-12-35-20-9-15(5-6-18(20)30-21)29-24(34)25-8-7-14-11-32(19-4-2-1-3-16(14)19)23-17-10-28-31-22(17)26-13-27-23/h1-6,9-10,13-14H,7-8,11-12H2,(H,30,33)(H2,25,29,34)(H,26,27,28,31). The van der Waals surface area contributed by atoms with Crippen molar-refractivity contribution in [3.63, 3.8) is 0 Å². The molecule has 0 aliphatic carbocycles. The number of H-pyrrole nitrogens is 1. The average Bonchev–Trinajstić information content (AvgIpc) is 3.49. The summed E-state index contributed by atoms with van der Waals surface area (Å²) in [5.41, 5.74) is 4.20. The Morgan fingerprint density at radius 2 is 2.11 bits per heavy atom. The number of nitrogens with one attached hydrogen (secondary N) is 4. The quantitative estimate of drug-likeness (QED) is 0.352. The van der Waals surface area contributed by atoms with E-state index < -0.39 is 0 Å². The van der Waals surface area contributed by atoms with Crippen LogP contribution in [-0.4, -0.2) is 51.8 Å². The van der Waals surface area contributed by atoms with Crippen molar-refractivity contribution < 1.29 is 14.3 Å². The Kier molecular flexibility index (Phi) is 5.13. The number of para-hydroxylation sites is 1. The van der Waals surface area contributed by atoms with Gasteiger partial charge in [0.2, 0.25) is 0 Å². The Labute approximate surface area is 199 Å². The number of carbonyl (C=O) groups excluding carboxylic acids is 2. The van der Waals surface area contributed by atoms with Crippen molar-refractivity contribution in [2.45, 2.75) is 12.3 Å². The fourth-order valence-corrected chi connectivity index (χ4v) is 4.60. The van der Waals surface area contributed by atoms with Crippen molar-refractivity contribution in [2.24, 2.45) is 0 Å². The summed E-state index contributed by atoms with van der Waals surface area (Å²) in [4.78, 5) is 34.8. The largest absolute Gasteiger partial charge is 0.482 e. The first kappa shape index (κ1) is 20.9. The molecule has 6 rings (SSSR count). The number of hydrogen-bond acceptors (Lipinski definition) is 7. The SMILES string of the molecule is O=C1COc2cc(NC(=O)NCCC3CN(c4ncnc5[nH]ncc45)c4ccccc43)ccc2N1. The number of nitrogens with zero attached hydrogens (tertiary/aromatic N) is 4. The predicted octanol–water partition coefficient (Wildman–Crippen LogP) is 3.13. The highest BCUT2D eigenvalue weighted by atomic mass is 16.5. The smallest absolute Gasteiger partial charge is 0.319 e. The van der Waals surface area contributed by atoms with Crippen LogP contribution in [0.25, 0.3) is 11.0 Å². The monoisotopic (exact) mass is 470 g/mol. The van der Waals surface area contributed by atoms with Gasteiger partial charge in [0.15, 0.2) is 12.3 Å². The number of rotatable bonds is 5. The van der Waals surface area contributed by atoms with E-state index in [2.05, 4.69) is 53.1 Å². The van der Waals surface area contributed by atoms with E-state index in [-0.39, 0.29) is 24.5 Å². The molecule has 4 N–H and O–H groups in total. The van der Waals surface area contributed by atoms with E-state index in [0.29, 0.717) is 29.3 Å². The second-order valence-electron chi connectivity index (χ2n) is 8.41. The summed E-state index contributed by atoms with van der Waals surface area (Å²) in [7, 11) is 0. The Hall–Kier alpha value is -4.67. The van der Waals surface area contributed by atoms with Gasteiger partial charge in [-0.2, -0.15) is 5.10 Å². The zero-order valence-corrected chi connectivity index (χ0v) is 18.6. The van der Waals surface area contributed by atoms with Crippen molar-refractivity contribution in [1.82, 2.24) is 25.5 Å². The molecule has 11 nitrogen and oxygen atoms in total. The van der Waals surface area contributed by atoms with Crippen LogP contribution >= 0.6 is 0 Å². The average molecular weight is 470 g/mol. The molecule has 0 spiro atoms. The molecule has 11 heteroatoms. The molecule has 0 bridgehead atoms. The maximum Gasteiger partial charge on any atom is 0.319 e. The molecule has 2 aromatic heterocycles. The van der Waals surface area contributed by atoms with Gasteiger partial charge in [-0.15, -0.1) is 0 Å². The summed E-state index contributed by atoms with van der Waals surface area (Å²) in [6.07, 6.45) is 4.05. The molecule has 3 amide bonds. The molecule has 2 aromatic carbocycles. The van der Waals surface area contributed by atoms with E-state index in [1.165, 1.54) is 11.9 Å². The fraction of sp³-hybridized carbons (Fsp3) is 0.208. The third-order valence-electron chi connectivity index (χ3n) is 6.20. The predicted molar refractivity (Wildman–Crippen MR) is 130 cm³/mol. The first-order valence-corrected chi connectivity index (χ1v) is 11.3. The molecule has 2 aliphatic heterocycles. The van der Waals surface area contributed by atoms with Crippen LogP contribution in [0.3, 0.4) is 0 Å². The number of hydrogen-bond donors (Lipinski definition) is 4. The minimum absolute atomic E-state index is 0.0380. The van der Waals surface area contributed by atoms with Gasteiger partial charge in [0.05, 0.1) is 17.3 Å². The van der Waals surface area contributed by atoms with Gasteiger partial charge in [-0.3, -0.25) is 9.89 Å². The van der Waals surface area contributed by atoms with E-state index in [0.717, 1.165) is 29.9 Å². The minimum Gasteiger partial charge on any atom is -0.482 e. The van der Waals surface area contributed by atoms with Gasteiger partial charge in [0.1, 0.15) is 17.9 Å². The van der Waals surface area contributed by atoms with Gasteiger partial charge < -0.3 is 25.6 Å². The van der Waals surface area contributed by atoms with Gasteiger partial charge >= 0.3 is 6.03 Å². The summed E-state index contributed by atoms with van der Waals surface area (Å²) < 4.78 is 5.40. The zero-order valence-electron chi connectivity index (χ0n) is 18.6. The Balaban J connectivity index is 1.10. The molecule has 4 aromatic rings. The highest BCUT2D eigenvalue weighted by Crippen LogP contribution is 2.42. The highest BCUT2D eigenvalue weighted by molar-refractivity contribution is 5.96. The molecule has 0 radical (unpaired) electrons. The van der Waals surface area contributed by atoms with Crippen molar-refractivity contribution in [1.29, 1.82) is 0 Å². The number of anilines is 4. The molecule has 4 heterocycles. The number of ether oxygens (including phenoxy) is 1. The normalized spacial score (nSPS) is 16.3. The van der Waals surface area contributed by atoms with Gasteiger partial charge in [-0.25, -0.2) is 14.8 Å². The molecular weight excluding hydrogens is 448 g/mol. The number of fused-ring (bicyclic) bond motifs is 3. The van der Waals surface area contributed by atoms with Crippen LogP contribution in [0, 0.1) is 0 Å². The second-order valence-corrected chi connectivity index (χ2v) is 8.41. The summed E-state index contributed by atoms with van der Waals surface area (Å²) in [5, 5.41) is 16.4. The second kappa shape index (κ2) is 8.60. The molecule has 176 valence electrons. The first-order chi connectivity index (χ1) is 17.2. The maximum absolute atomic E-state index is 12.5. The lowest BCUT2D eigenvalue weighted by atomic mass is 9.98. The van der Waals surface area contributed by atoms with E-state index >= 15 is 0 Å². The molecule has 1 unspecified atom stereocenters. The molecule has 2 aliphatic rings. The van der Waals surface area contributed by atoms with Crippen LogP contribution in [0.5, 0.6) is 5.75 Å². The topological polar surface area (TPSA) is 137 Å². The summed E-state index contributed by atoms with van der Waals surface area (Å²) in [6.45, 7) is 1.21. The van der Waals surface area contributed by atoms with Crippen LogP contribution in [0.1, 0.15) is 17.9 Å². The van der Waals surface area contributed by atoms with Crippen molar-refractivity contribution in [3.05, 3.63) is 60.6 Å². The van der Waals surface area contributed by atoms with Crippen molar-refractivity contribution in [2.75, 3.05) is 35.2 Å². The third-order valence-corrected chi connectivity index (χ3v) is 6.20.